The van der Waals surface area contributed by atoms with Crippen LogP contribution in [0.4, 0.5) is 0 Å². The maximum absolute atomic E-state index is 12.4. The van der Waals surface area contributed by atoms with E-state index in [1.807, 2.05) is 0 Å². The van der Waals surface area contributed by atoms with Crippen LogP contribution in [0.1, 0.15) is 22.8 Å². The van der Waals surface area contributed by atoms with Gasteiger partial charge in [-0.05, 0) is 67.1 Å². The number of nitrogens with one attached hydrogen (secondary N) is 1. The summed E-state index contributed by atoms with van der Waals surface area (Å²) < 4.78 is 16.3. The van der Waals surface area contributed by atoms with Crippen LogP contribution >= 0.6 is 23.2 Å². The zero-order valence-electron chi connectivity index (χ0n) is 17.7. The van der Waals surface area contributed by atoms with Gasteiger partial charge in [0, 0.05) is 5.02 Å². The maximum Gasteiger partial charge on any atom is 0.345 e. The summed E-state index contributed by atoms with van der Waals surface area (Å²) in [6.07, 6.45) is 0.652. The highest BCUT2D eigenvalue weighted by Crippen LogP contribution is 2.29. The van der Waals surface area contributed by atoms with Crippen molar-refractivity contribution in [3.05, 3.63) is 87.9 Å². The van der Waals surface area contributed by atoms with Crippen molar-refractivity contribution in [3.63, 3.8) is 0 Å². The highest BCUT2D eigenvalue weighted by atomic mass is 35.5. The van der Waals surface area contributed by atoms with Gasteiger partial charge >= 0.3 is 5.97 Å². The highest BCUT2D eigenvalue weighted by Gasteiger charge is 2.16. The monoisotopic (exact) mass is 486 g/mol. The van der Waals surface area contributed by atoms with Crippen molar-refractivity contribution in [1.29, 1.82) is 0 Å². The van der Waals surface area contributed by atoms with E-state index in [1.54, 1.807) is 73.7 Å². The number of amides is 1. The predicted octanol–water partition coefficient (Wildman–Crippen LogP) is 5.14. The largest absolute Gasteiger partial charge is 0.493 e. The number of carbonyl (C=O) groups is 2. The molecule has 9 heteroatoms. The third kappa shape index (κ3) is 6.71. The average molecular weight is 487 g/mol. The van der Waals surface area contributed by atoms with Crippen molar-refractivity contribution in [2.75, 3.05) is 7.11 Å². The van der Waals surface area contributed by atoms with Crippen LogP contribution in [-0.4, -0.2) is 31.3 Å². The van der Waals surface area contributed by atoms with Crippen LogP contribution < -0.4 is 19.6 Å². The molecule has 170 valence electrons. The minimum absolute atomic E-state index is 0.216. The molecule has 0 saturated heterocycles. The lowest BCUT2D eigenvalue weighted by Gasteiger charge is -2.13. The van der Waals surface area contributed by atoms with E-state index >= 15 is 0 Å². The first kappa shape index (κ1) is 24.1. The fraction of sp³-hybridized carbons (Fsp3) is 0.125. The summed E-state index contributed by atoms with van der Waals surface area (Å²) in [7, 11) is 1.45. The number of methoxy groups -OCH3 is 1. The molecule has 1 atom stereocenters. The maximum atomic E-state index is 12.4. The summed E-state index contributed by atoms with van der Waals surface area (Å²) in [4.78, 5) is 24.6. The Morgan fingerprint density at radius 2 is 1.73 bits per heavy atom. The number of nitrogens with zero attached hydrogens (tertiary/aromatic N) is 1. The minimum Gasteiger partial charge on any atom is -0.493 e. The van der Waals surface area contributed by atoms with Crippen LogP contribution in [-0.2, 0) is 4.79 Å². The fourth-order valence-electron chi connectivity index (χ4n) is 2.66. The number of carbonyl (C=O) groups excluding carboxylic acids is 2. The van der Waals surface area contributed by atoms with Crippen molar-refractivity contribution < 1.29 is 23.8 Å². The second-order valence-corrected chi connectivity index (χ2v) is 7.57. The number of halogens is 2. The zero-order valence-corrected chi connectivity index (χ0v) is 19.3. The van der Waals surface area contributed by atoms with E-state index in [2.05, 4.69) is 10.5 Å². The Balaban J connectivity index is 1.60. The Hall–Kier alpha value is -3.55. The molecule has 3 rings (SSSR count). The number of benzene rings is 3. The summed E-state index contributed by atoms with van der Waals surface area (Å²) >= 11 is 11.9. The molecule has 7 nitrogen and oxygen atoms in total. The molecule has 0 bridgehead atoms. The Bertz CT molecular complexity index is 1170. The molecule has 0 heterocycles. The first-order chi connectivity index (χ1) is 15.9. The van der Waals surface area contributed by atoms with Gasteiger partial charge in [0.15, 0.2) is 17.6 Å². The second kappa shape index (κ2) is 11.4. The first-order valence-corrected chi connectivity index (χ1v) is 10.5. The van der Waals surface area contributed by atoms with Gasteiger partial charge in [-0.1, -0.05) is 35.3 Å². The average Bonchev–Trinajstić information content (AvgIpc) is 2.81. The third-order valence-electron chi connectivity index (χ3n) is 4.37. The predicted molar refractivity (Wildman–Crippen MR) is 127 cm³/mol. The molecule has 0 aliphatic heterocycles. The van der Waals surface area contributed by atoms with Gasteiger partial charge in [-0.15, -0.1) is 0 Å². The van der Waals surface area contributed by atoms with E-state index in [9.17, 15) is 9.59 Å². The molecule has 3 aromatic rings. The minimum atomic E-state index is -0.774. The molecule has 1 unspecified atom stereocenters. The van der Waals surface area contributed by atoms with Crippen molar-refractivity contribution >= 4 is 41.3 Å². The highest BCUT2D eigenvalue weighted by molar-refractivity contribution is 6.33. The van der Waals surface area contributed by atoms with Crippen LogP contribution in [0, 0.1) is 0 Å². The fourth-order valence-corrected chi connectivity index (χ4v) is 3.00. The Morgan fingerprint density at radius 3 is 2.42 bits per heavy atom. The summed E-state index contributed by atoms with van der Waals surface area (Å²) in [5, 5.41) is 4.80. The van der Waals surface area contributed by atoms with E-state index in [1.165, 1.54) is 13.3 Å². The standard InChI is InChI=1S/C24H20Cl2N2O5/c1-15(32-18-10-8-17(25)9-11-18)23(29)28-27-14-16-7-12-21(22(13-16)31-2)33-24(30)19-5-3-4-6-20(19)26/h3-15H,1-2H3,(H,28,29)/b27-14+. The van der Waals surface area contributed by atoms with Gasteiger partial charge in [0.25, 0.3) is 5.91 Å². The Morgan fingerprint density at radius 1 is 1.00 bits per heavy atom. The summed E-state index contributed by atoms with van der Waals surface area (Å²) in [6.45, 7) is 1.60. The molecule has 0 radical (unpaired) electrons. The molecule has 0 fully saturated rings. The van der Waals surface area contributed by atoms with Gasteiger partial charge in [-0.3, -0.25) is 4.79 Å². The van der Waals surface area contributed by atoms with Crippen molar-refractivity contribution in [2.24, 2.45) is 5.10 Å². The van der Waals surface area contributed by atoms with Crippen LogP contribution in [0.15, 0.2) is 71.8 Å². The second-order valence-electron chi connectivity index (χ2n) is 6.73. The molecule has 0 aliphatic carbocycles. The lowest BCUT2D eigenvalue weighted by molar-refractivity contribution is -0.127. The molecule has 0 aromatic heterocycles. The van der Waals surface area contributed by atoms with Crippen molar-refractivity contribution in [1.82, 2.24) is 5.43 Å². The van der Waals surface area contributed by atoms with Gasteiger partial charge in [-0.2, -0.15) is 5.10 Å². The SMILES string of the molecule is COc1cc(/C=N/NC(=O)C(C)Oc2ccc(Cl)cc2)ccc1OC(=O)c1ccccc1Cl. The van der Waals surface area contributed by atoms with Gasteiger partial charge in [0.1, 0.15) is 5.75 Å². The zero-order chi connectivity index (χ0) is 23.8. The topological polar surface area (TPSA) is 86.2 Å². The summed E-state index contributed by atoms with van der Waals surface area (Å²) in [6, 6.07) is 18.1. The van der Waals surface area contributed by atoms with Gasteiger partial charge < -0.3 is 14.2 Å². The number of hydrogen-bond acceptors (Lipinski definition) is 6. The molecule has 1 amide bonds. The number of hydrogen-bond donors (Lipinski definition) is 1. The van der Waals surface area contributed by atoms with Crippen LogP contribution in [0.2, 0.25) is 10.0 Å². The molecule has 0 aliphatic rings. The molecule has 0 saturated carbocycles. The molecular formula is C24H20Cl2N2O5. The van der Waals surface area contributed by atoms with Gasteiger partial charge in [-0.25, -0.2) is 10.2 Å². The van der Waals surface area contributed by atoms with Crippen molar-refractivity contribution in [3.8, 4) is 17.2 Å². The van der Waals surface area contributed by atoms with Gasteiger partial charge in [0.05, 0.1) is 23.9 Å². The quantitative estimate of drug-likeness (QED) is 0.206. The number of esters is 1. The molecule has 1 N–H and O–H groups in total. The normalized spacial score (nSPS) is 11.6. The number of hydrazone groups is 1. The van der Waals surface area contributed by atoms with E-state index < -0.39 is 18.0 Å². The summed E-state index contributed by atoms with van der Waals surface area (Å²) in [5.74, 6) is -0.00267. The lowest BCUT2D eigenvalue weighted by atomic mass is 10.2. The number of rotatable bonds is 8. The van der Waals surface area contributed by atoms with E-state index in [4.69, 9.17) is 37.4 Å². The third-order valence-corrected chi connectivity index (χ3v) is 4.95. The Labute approximate surface area is 200 Å². The smallest absolute Gasteiger partial charge is 0.345 e. The summed E-state index contributed by atoms with van der Waals surface area (Å²) in [5.41, 5.74) is 3.26. The first-order valence-electron chi connectivity index (χ1n) is 9.77. The molecule has 33 heavy (non-hydrogen) atoms. The van der Waals surface area contributed by atoms with Gasteiger partial charge in [0.2, 0.25) is 0 Å². The van der Waals surface area contributed by atoms with Crippen LogP contribution in [0.5, 0.6) is 17.2 Å². The van der Waals surface area contributed by atoms with Crippen LogP contribution in [0.3, 0.4) is 0 Å². The van der Waals surface area contributed by atoms with Crippen LogP contribution in [0.25, 0.3) is 0 Å². The molecule has 3 aromatic carbocycles. The van der Waals surface area contributed by atoms with E-state index in [0.29, 0.717) is 22.1 Å². The van der Waals surface area contributed by atoms with Crippen molar-refractivity contribution in [2.45, 2.75) is 13.0 Å². The molecule has 0 spiro atoms. The van der Waals surface area contributed by atoms with E-state index in [-0.39, 0.29) is 16.3 Å². The molecular weight excluding hydrogens is 467 g/mol. The van der Waals surface area contributed by atoms with E-state index in [0.717, 1.165) is 0 Å². The lowest BCUT2D eigenvalue weighted by Crippen LogP contribution is -2.33. The number of ether oxygens (including phenoxy) is 3. The Kier molecular flexibility index (Phi) is 8.29.